The van der Waals surface area contributed by atoms with Gasteiger partial charge in [0.25, 0.3) is 5.91 Å². The van der Waals surface area contributed by atoms with Gasteiger partial charge in [-0.15, -0.1) is 0 Å². The molecule has 9 nitrogen and oxygen atoms in total. The van der Waals surface area contributed by atoms with Crippen LogP contribution in [0, 0.1) is 11.3 Å². The molecule has 3 amide bonds. The van der Waals surface area contributed by atoms with Crippen molar-refractivity contribution in [3.05, 3.63) is 88.7 Å². The van der Waals surface area contributed by atoms with E-state index in [1.165, 1.54) is 24.0 Å². The summed E-state index contributed by atoms with van der Waals surface area (Å²) in [7, 11) is 0. The van der Waals surface area contributed by atoms with Gasteiger partial charge >= 0.3 is 12.2 Å². The summed E-state index contributed by atoms with van der Waals surface area (Å²) in [6.07, 6.45) is -4.81. The maximum absolute atomic E-state index is 13.9. The van der Waals surface area contributed by atoms with E-state index < -0.39 is 35.3 Å². The van der Waals surface area contributed by atoms with Crippen LogP contribution in [0.5, 0.6) is 0 Å². The SMILES string of the molecule is CC(N)(N=N)NC(=O)c1ccc(CN(C(=O)Nc2nc3cc(F)cc(C(F)(F)F)c3s2)c2ccc(C(C)(C)C)cc2)cc1. The fourth-order valence-corrected chi connectivity index (χ4v) is 5.09. The number of thiazole rings is 1. The Hall–Kier alpha value is -4.43. The number of hydrogen-bond donors (Lipinski definition) is 4. The fourth-order valence-electron chi connectivity index (χ4n) is 4.12. The Morgan fingerprint density at radius 3 is 2.21 bits per heavy atom. The summed E-state index contributed by atoms with van der Waals surface area (Å²) < 4.78 is 54.2. The molecular formula is C29H29F4N7O2S. The highest BCUT2D eigenvalue weighted by molar-refractivity contribution is 7.22. The maximum atomic E-state index is 13.9. The van der Waals surface area contributed by atoms with Crippen LogP contribution in [-0.4, -0.2) is 22.7 Å². The van der Waals surface area contributed by atoms with E-state index in [0.29, 0.717) is 28.7 Å². The second-order valence-corrected chi connectivity index (χ2v) is 12.0. The molecule has 0 saturated carbocycles. The van der Waals surface area contributed by atoms with Gasteiger partial charge in [0.2, 0.25) is 5.79 Å². The summed E-state index contributed by atoms with van der Waals surface area (Å²) in [5, 5.41) is 7.98. The lowest BCUT2D eigenvalue weighted by Crippen LogP contribution is -2.51. The number of anilines is 2. The van der Waals surface area contributed by atoms with Crippen LogP contribution in [0.1, 0.15) is 54.7 Å². The Morgan fingerprint density at radius 2 is 1.65 bits per heavy atom. The van der Waals surface area contributed by atoms with E-state index in [1.807, 2.05) is 32.9 Å². The summed E-state index contributed by atoms with van der Waals surface area (Å²) >= 11 is 0.592. The third kappa shape index (κ3) is 7.51. The number of amides is 3. The van der Waals surface area contributed by atoms with E-state index >= 15 is 0 Å². The Bertz CT molecular complexity index is 1660. The number of nitrogens with one attached hydrogen (secondary N) is 3. The van der Waals surface area contributed by atoms with Gasteiger partial charge in [-0.25, -0.2) is 19.7 Å². The van der Waals surface area contributed by atoms with Crippen molar-refractivity contribution in [2.75, 3.05) is 10.2 Å². The molecule has 5 N–H and O–H groups in total. The number of nitrogens with two attached hydrogens (primary N) is 1. The molecule has 14 heteroatoms. The Labute approximate surface area is 248 Å². The third-order valence-corrected chi connectivity index (χ3v) is 7.44. The van der Waals surface area contributed by atoms with Crippen molar-refractivity contribution in [3.8, 4) is 0 Å². The van der Waals surface area contributed by atoms with Crippen LogP contribution in [-0.2, 0) is 18.1 Å². The van der Waals surface area contributed by atoms with E-state index in [0.717, 1.165) is 11.6 Å². The number of carbonyl (C=O) groups excluding carboxylic acids is 2. The van der Waals surface area contributed by atoms with Crippen LogP contribution in [0.2, 0.25) is 0 Å². The average Bonchev–Trinajstić information content (AvgIpc) is 3.32. The quantitative estimate of drug-likeness (QED) is 0.0979. The van der Waals surface area contributed by atoms with Gasteiger partial charge in [-0.05, 0) is 53.8 Å². The largest absolute Gasteiger partial charge is 0.417 e. The number of urea groups is 1. The number of halogens is 4. The molecule has 1 heterocycles. The highest BCUT2D eigenvalue weighted by atomic mass is 32.1. The monoisotopic (exact) mass is 615 g/mol. The zero-order valence-corrected chi connectivity index (χ0v) is 24.5. The van der Waals surface area contributed by atoms with Crippen LogP contribution in [0.4, 0.5) is 33.2 Å². The van der Waals surface area contributed by atoms with Crippen molar-refractivity contribution >= 4 is 44.3 Å². The summed E-state index contributed by atoms with van der Waals surface area (Å²) in [6.45, 7) is 7.51. The molecule has 0 fully saturated rings. The number of nitrogens with zero attached hydrogens (tertiary/aromatic N) is 3. The highest BCUT2D eigenvalue weighted by Crippen LogP contribution is 2.39. The van der Waals surface area contributed by atoms with Crippen LogP contribution >= 0.6 is 11.3 Å². The van der Waals surface area contributed by atoms with Crippen molar-refractivity contribution < 1.29 is 27.2 Å². The number of hydrogen-bond acceptors (Lipinski definition) is 7. The van der Waals surface area contributed by atoms with Gasteiger partial charge in [0.1, 0.15) is 5.82 Å². The first-order valence-electron chi connectivity index (χ1n) is 12.9. The molecule has 3 aromatic carbocycles. The Balaban J connectivity index is 1.64. The zero-order chi connectivity index (χ0) is 31.7. The van der Waals surface area contributed by atoms with Crippen LogP contribution in [0.15, 0.2) is 65.8 Å². The molecular weight excluding hydrogens is 586 g/mol. The van der Waals surface area contributed by atoms with Gasteiger partial charge in [0.05, 0.1) is 22.3 Å². The number of aromatic nitrogens is 1. The molecule has 4 aromatic rings. The van der Waals surface area contributed by atoms with Crippen molar-refractivity contribution in [1.82, 2.24) is 10.3 Å². The first-order valence-corrected chi connectivity index (χ1v) is 13.7. The molecule has 1 unspecified atom stereocenters. The van der Waals surface area contributed by atoms with Crippen LogP contribution in [0.25, 0.3) is 10.2 Å². The first-order chi connectivity index (χ1) is 20.0. The van der Waals surface area contributed by atoms with Crippen LogP contribution < -0.4 is 21.3 Å². The number of fused-ring (bicyclic) bond motifs is 1. The van der Waals surface area contributed by atoms with E-state index in [9.17, 15) is 27.2 Å². The van der Waals surface area contributed by atoms with Crippen molar-refractivity contribution in [3.63, 3.8) is 0 Å². The summed E-state index contributed by atoms with van der Waals surface area (Å²) in [6, 6.07) is 14.1. The predicted octanol–water partition coefficient (Wildman–Crippen LogP) is 7.38. The second kappa shape index (κ2) is 11.7. The highest BCUT2D eigenvalue weighted by Gasteiger charge is 2.35. The molecule has 226 valence electrons. The first kappa shape index (κ1) is 31.5. The van der Waals surface area contributed by atoms with E-state index in [-0.39, 0.29) is 32.9 Å². The minimum atomic E-state index is -4.81. The molecule has 43 heavy (non-hydrogen) atoms. The second-order valence-electron chi connectivity index (χ2n) is 11.0. The topological polar surface area (TPSA) is 137 Å². The molecule has 0 aliphatic rings. The van der Waals surface area contributed by atoms with Gasteiger partial charge in [-0.1, -0.05) is 56.4 Å². The third-order valence-electron chi connectivity index (χ3n) is 6.42. The molecule has 1 aromatic heterocycles. The fraction of sp³-hybridized carbons (Fsp3) is 0.276. The van der Waals surface area contributed by atoms with Gasteiger partial charge in [-0.3, -0.25) is 20.7 Å². The molecule has 0 saturated heterocycles. The van der Waals surface area contributed by atoms with Crippen molar-refractivity contribution in [2.45, 2.75) is 51.6 Å². The lowest BCUT2D eigenvalue weighted by Gasteiger charge is -2.25. The standard InChI is InChI=1S/C29H29F4N7O2S/c1-27(2,3)18-9-11-20(12-10-18)40(15-16-5-7-17(8-6-16)24(41)38-28(4,34)39-35)26(42)37-25-36-22-14-19(30)13-21(23(22)43-25)29(31,32)33/h5-14,35H,15,34H2,1-4H3,(H,38,41)(H,36,37,42). The molecule has 0 aliphatic heterocycles. The predicted molar refractivity (Wildman–Crippen MR) is 157 cm³/mol. The van der Waals surface area contributed by atoms with E-state index in [1.54, 1.807) is 24.3 Å². The minimum absolute atomic E-state index is 0.0204. The normalized spacial score (nSPS) is 13.3. The maximum Gasteiger partial charge on any atom is 0.417 e. The number of benzene rings is 3. The average molecular weight is 616 g/mol. The molecule has 0 bridgehead atoms. The molecule has 4 rings (SSSR count). The molecule has 1 atom stereocenters. The van der Waals surface area contributed by atoms with Gasteiger partial charge in [0.15, 0.2) is 5.13 Å². The molecule has 0 spiro atoms. The number of alkyl halides is 3. The number of carbonyl (C=O) groups is 2. The summed E-state index contributed by atoms with van der Waals surface area (Å²) in [5.74, 6) is -3.21. The molecule has 0 radical (unpaired) electrons. The van der Waals surface area contributed by atoms with Gasteiger partial charge in [-0.2, -0.15) is 18.3 Å². The van der Waals surface area contributed by atoms with E-state index in [4.69, 9.17) is 11.3 Å². The lowest BCUT2D eigenvalue weighted by atomic mass is 9.87. The summed E-state index contributed by atoms with van der Waals surface area (Å²) in [5.41, 5.74) is 13.6. The van der Waals surface area contributed by atoms with E-state index in [2.05, 4.69) is 20.7 Å². The number of rotatable bonds is 7. The van der Waals surface area contributed by atoms with Crippen molar-refractivity contribution in [2.24, 2.45) is 10.8 Å². The van der Waals surface area contributed by atoms with Gasteiger partial charge < -0.3 is 5.32 Å². The zero-order valence-electron chi connectivity index (χ0n) is 23.6. The Kier molecular flexibility index (Phi) is 8.56. The van der Waals surface area contributed by atoms with Crippen LogP contribution in [0.3, 0.4) is 0 Å². The van der Waals surface area contributed by atoms with Crippen molar-refractivity contribution in [1.29, 1.82) is 5.53 Å². The minimum Gasteiger partial charge on any atom is -0.314 e. The smallest absolute Gasteiger partial charge is 0.314 e. The lowest BCUT2D eigenvalue weighted by molar-refractivity contribution is -0.136. The Morgan fingerprint density at radius 1 is 1.02 bits per heavy atom. The van der Waals surface area contributed by atoms with Gasteiger partial charge in [0, 0.05) is 17.3 Å². The summed E-state index contributed by atoms with van der Waals surface area (Å²) in [4.78, 5) is 31.4. The molecule has 0 aliphatic carbocycles.